The Balaban J connectivity index is 0.00000200. The first-order valence-corrected chi connectivity index (χ1v) is 6.84. The van der Waals surface area contributed by atoms with Gasteiger partial charge in [0.2, 0.25) is 0 Å². The van der Waals surface area contributed by atoms with Crippen molar-refractivity contribution >= 4 is 28.3 Å². The number of benzene rings is 2. The van der Waals surface area contributed by atoms with Crippen molar-refractivity contribution in [1.82, 2.24) is 0 Å². The Kier molecular flexibility index (Phi) is 6.49. The van der Waals surface area contributed by atoms with Gasteiger partial charge in [-0.3, -0.25) is 0 Å². The maximum absolute atomic E-state index is 10.2. The molecular weight excluding hydrogens is 342 g/mol. The number of rotatable bonds is 4. The molecule has 0 amide bonds. The van der Waals surface area contributed by atoms with Crippen molar-refractivity contribution in [3.63, 3.8) is 0 Å². The van der Waals surface area contributed by atoms with Crippen LogP contribution in [0.25, 0.3) is 0 Å². The molecule has 0 fully saturated rings. The highest BCUT2D eigenvalue weighted by molar-refractivity contribution is 9.10. The van der Waals surface area contributed by atoms with E-state index in [0.29, 0.717) is 16.5 Å². The van der Waals surface area contributed by atoms with Crippen molar-refractivity contribution in [3.8, 4) is 5.75 Å². The predicted octanol–water partition coefficient (Wildman–Crippen LogP) is 3.18. The average molecular weight is 359 g/mol. The fourth-order valence-corrected chi connectivity index (χ4v) is 2.37. The molecule has 2 aromatic carbocycles. The molecule has 20 heavy (non-hydrogen) atoms. The third-order valence-electron chi connectivity index (χ3n) is 3.08. The normalized spacial score (nSPS) is 13.3. The smallest absolute Gasteiger partial charge is 0.134 e. The van der Waals surface area contributed by atoms with Crippen LogP contribution in [0.1, 0.15) is 17.2 Å². The Hall–Kier alpha value is -1.07. The lowest BCUT2D eigenvalue weighted by Gasteiger charge is -2.20. The molecule has 4 N–H and O–H groups in total. The molecule has 0 saturated heterocycles. The summed E-state index contributed by atoms with van der Waals surface area (Å²) in [4.78, 5) is 0. The summed E-state index contributed by atoms with van der Waals surface area (Å²) in [6.45, 7) is 0. The Bertz CT molecular complexity index is 551. The molecule has 0 aliphatic heterocycles. The van der Waals surface area contributed by atoms with E-state index in [1.54, 1.807) is 18.2 Å². The molecule has 0 aliphatic carbocycles. The summed E-state index contributed by atoms with van der Waals surface area (Å²) in [5.74, 6) is 0.0853. The maximum atomic E-state index is 10.2. The molecule has 5 heteroatoms. The molecule has 0 unspecified atom stereocenters. The third kappa shape index (κ3) is 3.96. The van der Waals surface area contributed by atoms with Crippen LogP contribution < -0.4 is 5.73 Å². The highest BCUT2D eigenvalue weighted by atomic mass is 79.9. The summed E-state index contributed by atoms with van der Waals surface area (Å²) >= 11 is 3.24. The lowest BCUT2D eigenvalue weighted by atomic mass is 9.96. The number of nitrogens with two attached hydrogens (primary N) is 1. The van der Waals surface area contributed by atoms with E-state index in [-0.39, 0.29) is 18.2 Å². The second kappa shape index (κ2) is 7.64. The van der Waals surface area contributed by atoms with Crippen molar-refractivity contribution in [1.29, 1.82) is 0 Å². The number of halogens is 2. The fraction of sp³-hybridized carbons (Fsp3) is 0.200. The van der Waals surface area contributed by atoms with Crippen LogP contribution >= 0.6 is 28.3 Å². The molecule has 0 radical (unpaired) electrons. The summed E-state index contributed by atoms with van der Waals surface area (Å²) in [6, 6.07) is 14.3. The van der Waals surface area contributed by atoms with Crippen LogP contribution in [0.4, 0.5) is 0 Å². The van der Waals surface area contributed by atoms with Crippen LogP contribution in [-0.4, -0.2) is 16.3 Å². The summed E-state index contributed by atoms with van der Waals surface area (Å²) < 4.78 is 0.576. The molecule has 108 valence electrons. The molecule has 0 heterocycles. The Labute approximate surface area is 133 Å². The summed E-state index contributed by atoms with van der Waals surface area (Å²) in [5, 5.41) is 20.1. The lowest BCUT2D eigenvalue weighted by molar-refractivity contribution is 0.143. The van der Waals surface area contributed by atoms with Gasteiger partial charge in [0, 0.05) is 12.0 Å². The van der Waals surface area contributed by atoms with Crippen molar-refractivity contribution in [2.24, 2.45) is 5.73 Å². The second-order valence-corrected chi connectivity index (χ2v) is 5.31. The molecule has 0 spiro atoms. The lowest BCUT2D eigenvalue weighted by Crippen LogP contribution is -2.28. The van der Waals surface area contributed by atoms with Crippen molar-refractivity contribution in [3.05, 3.63) is 64.1 Å². The number of phenols is 1. The maximum Gasteiger partial charge on any atom is 0.134 e. The zero-order chi connectivity index (χ0) is 13.8. The molecule has 2 aromatic rings. The van der Waals surface area contributed by atoms with Crippen LogP contribution in [0.15, 0.2) is 53.0 Å². The fourth-order valence-electron chi connectivity index (χ4n) is 1.99. The largest absolute Gasteiger partial charge is 0.506 e. The third-order valence-corrected chi connectivity index (χ3v) is 3.72. The predicted molar refractivity (Wildman–Crippen MR) is 86.1 cm³/mol. The Morgan fingerprint density at radius 3 is 2.35 bits per heavy atom. The minimum absolute atomic E-state index is 0. The number of para-hydroxylation sites is 1. The molecule has 0 aromatic heterocycles. The van der Waals surface area contributed by atoms with Crippen molar-refractivity contribution in [2.75, 3.05) is 0 Å². The van der Waals surface area contributed by atoms with Gasteiger partial charge < -0.3 is 15.9 Å². The van der Waals surface area contributed by atoms with Crippen LogP contribution in [0.5, 0.6) is 5.75 Å². The number of aliphatic hydroxyl groups excluding tert-OH is 1. The van der Waals surface area contributed by atoms with E-state index in [9.17, 15) is 10.2 Å². The van der Waals surface area contributed by atoms with Crippen LogP contribution in [-0.2, 0) is 6.42 Å². The van der Waals surface area contributed by atoms with Gasteiger partial charge in [0.25, 0.3) is 0 Å². The second-order valence-electron chi connectivity index (χ2n) is 4.46. The number of aromatic hydroxyl groups is 1. The molecule has 2 rings (SSSR count). The van der Waals surface area contributed by atoms with Gasteiger partial charge in [-0.15, -0.1) is 12.4 Å². The summed E-state index contributed by atoms with van der Waals surface area (Å²) in [7, 11) is 0. The zero-order valence-electron chi connectivity index (χ0n) is 10.7. The summed E-state index contributed by atoms with van der Waals surface area (Å²) in [5.41, 5.74) is 7.58. The standard InChI is InChI=1S/C15H16BrNO2.ClH/c16-12-8-4-7-11(15(12)19)14(17)13(18)9-10-5-2-1-3-6-10;/h1-8,13-14,18-19H,9,17H2;1H/t13-,14+;/m1./s1. The Morgan fingerprint density at radius 1 is 1.05 bits per heavy atom. The topological polar surface area (TPSA) is 66.5 Å². The van der Waals surface area contributed by atoms with E-state index >= 15 is 0 Å². The van der Waals surface area contributed by atoms with Gasteiger partial charge in [0.1, 0.15) is 5.75 Å². The molecular formula is C15H17BrClNO2. The van der Waals surface area contributed by atoms with Gasteiger partial charge in [-0.1, -0.05) is 42.5 Å². The van der Waals surface area contributed by atoms with Crippen LogP contribution in [0, 0.1) is 0 Å². The first kappa shape index (κ1) is 17.0. The van der Waals surface area contributed by atoms with E-state index in [0.717, 1.165) is 5.56 Å². The highest BCUT2D eigenvalue weighted by Gasteiger charge is 2.21. The SMILES string of the molecule is Cl.N[C@@H](c1cccc(Br)c1O)[C@H](O)Cc1ccccc1. The van der Waals surface area contributed by atoms with Crippen molar-refractivity contribution < 1.29 is 10.2 Å². The molecule has 0 bridgehead atoms. The monoisotopic (exact) mass is 357 g/mol. The number of hydrogen-bond acceptors (Lipinski definition) is 3. The molecule has 0 aliphatic rings. The van der Waals surface area contributed by atoms with E-state index in [4.69, 9.17) is 5.73 Å². The van der Waals surface area contributed by atoms with Gasteiger partial charge in [-0.2, -0.15) is 0 Å². The quantitative estimate of drug-likeness (QED) is 0.786. The van der Waals surface area contributed by atoms with Gasteiger partial charge in [0.15, 0.2) is 0 Å². The Morgan fingerprint density at radius 2 is 1.70 bits per heavy atom. The van der Waals surface area contributed by atoms with Crippen molar-refractivity contribution in [2.45, 2.75) is 18.6 Å². The molecule has 0 saturated carbocycles. The van der Waals surface area contributed by atoms with Gasteiger partial charge in [-0.25, -0.2) is 0 Å². The van der Waals surface area contributed by atoms with Crippen LogP contribution in [0.3, 0.4) is 0 Å². The number of phenolic OH excluding ortho intramolecular Hbond substituents is 1. The van der Waals surface area contributed by atoms with E-state index < -0.39 is 12.1 Å². The van der Waals surface area contributed by atoms with Crippen LogP contribution in [0.2, 0.25) is 0 Å². The van der Waals surface area contributed by atoms with E-state index in [1.807, 2.05) is 30.3 Å². The van der Waals surface area contributed by atoms with E-state index in [1.165, 1.54) is 0 Å². The summed E-state index contributed by atoms with van der Waals surface area (Å²) in [6.07, 6.45) is -0.295. The number of hydrogen-bond donors (Lipinski definition) is 3. The minimum atomic E-state index is -0.748. The minimum Gasteiger partial charge on any atom is -0.506 e. The van der Waals surface area contributed by atoms with Gasteiger partial charge in [-0.05, 0) is 27.6 Å². The first-order valence-electron chi connectivity index (χ1n) is 6.04. The van der Waals surface area contributed by atoms with Gasteiger partial charge in [0.05, 0.1) is 16.6 Å². The highest BCUT2D eigenvalue weighted by Crippen LogP contribution is 2.32. The molecule has 2 atom stereocenters. The average Bonchev–Trinajstić information content (AvgIpc) is 2.42. The van der Waals surface area contributed by atoms with E-state index in [2.05, 4.69) is 15.9 Å². The first-order chi connectivity index (χ1) is 9.09. The number of aliphatic hydroxyl groups is 1. The molecule has 3 nitrogen and oxygen atoms in total. The zero-order valence-corrected chi connectivity index (χ0v) is 13.1. The van der Waals surface area contributed by atoms with Gasteiger partial charge >= 0.3 is 0 Å².